The number of halogens is 1. The first kappa shape index (κ1) is 15.2. The van der Waals surface area contributed by atoms with E-state index in [2.05, 4.69) is 10.3 Å². The lowest BCUT2D eigenvalue weighted by Crippen LogP contribution is -2.14. The van der Waals surface area contributed by atoms with Crippen LogP contribution < -0.4 is 10.1 Å². The Hall–Kier alpha value is -1.24. The molecule has 1 amide bonds. The van der Waals surface area contributed by atoms with Crippen molar-refractivity contribution in [1.82, 2.24) is 4.98 Å². The Morgan fingerprint density at radius 1 is 1.40 bits per heavy atom. The van der Waals surface area contributed by atoms with Gasteiger partial charge in [0.25, 0.3) is 0 Å². The van der Waals surface area contributed by atoms with Crippen LogP contribution in [0.5, 0.6) is 5.75 Å². The molecule has 7 heteroatoms. The van der Waals surface area contributed by atoms with Crippen LogP contribution in [0.2, 0.25) is 4.34 Å². The topological polar surface area (TPSA) is 51.2 Å². The smallest absolute Gasteiger partial charge is 0.236 e. The molecule has 1 aromatic carbocycles. The summed E-state index contributed by atoms with van der Waals surface area (Å²) in [6.45, 7) is 0.574. The molecule has 106 valence electrons. The lowest BCUT2D eigenvalue weighted by Gasteiger charge is -2.05. The first-order chi connectivity index (χ1) is 9.74. The van der Waals surface area contributed by atoms with E-state index in [1.165, 1.54) is 29.3 Å². The molecule has 0 aliphatic rings. The number of nitrogens with one attached hydrogen (secondary N) is 1. The minimum Gasteiger partial charge on any atom is -0.493 e. The quantitative estimate of drug-likeness (QED) is 0.790. The predicted molar refractivity (Wildman–Crippen MR) is 85.0 cm³/mol. The Kier molecular flexibility index (Phi) is 6.17. The van der Waals surface area contributed by atoms with Crippen LogP contribution in [0.15, 0.2) is 36.5 Å². The molecule has 2 aromatic rings. The van der Waals surface area contributed by atoms with Gasteiger partial charge in [0, 0.05) is 5.75 Å². The van der Waals surface area contributed by atoms with Gasteiger partial charge in [0.05, 0.1) is 18.6 Å². The second-order valence-corrected chi connectivity index (χ2v) is 6.50. The highest BCUT2D eigenvalue weighted by atomic mass is 35.5. The van der Waals surface area contributed by atoms with Crippen LogP contribution in [0, 0.1) is 0 Å². The van der Waals surface area contributed by atoms with Crippen LogP contribution in [0.25, 0.3) is 0 Å². The molecule has 0 fully saturated rings. The molecule has 0 saturated carbocycles. The zero-order valence-electron chi connectivity index (χ0n) is 10.5. The number of anilines is 1. The monoisotopic (exact) mass is 328 g/mol. The number of carbonyl (C=O) groups excluding carboxylic acids is 1. The number of nitrogens with zero attached hydrogens (tertiary/aromatic N) is 1. The third-order valence-corrected chi connectivity index (χ3v) is 4.15. The minimum atomic E-state index is -0.0827. The van der Waals surface area contributed by atoms with Gasteiger partial charge < -0.3 is 10.1 Å². The van der Waals surface area contributed by atoms with E-state index in [1.807, 2.05) is 30.3 Å². The summed E-state index contributed by atoms with van der Waals surface area (Å²) in [7, 11) is 0. The fourth-order valence-electron chi connectivity index (χ4n) is 1.37. The summed E-state index contributed by atoms with van der Waals surface area (Å²) in [6.07, 6.45) is 1.52. The normalized spacial score (nSPS) is 10.2. The summed E-state index contributed by atoms with van der Waals surface area (Å²) >= 11 is 8.49. The van der Waals surface area contributed by atoms with Crippen molar-refractivity contribution in [3.63, 3.8) is 0 Å². The highest BCUT2D eigenvalue weighted by Gasteiger charge is 2.05. The Balaban J connectivity index is 1.58. The van der Waals surface area contributed by atoms with Crippen LogP contribution in [0.4, 0.5) is 5.13 Å². The van der Waals surface area contributed by atoms with Crippen LogP contribution in [-0.2, 0) is 4.79 Å². The highest BCUT2D eigenvalue weighted by molar-refractivity contribution is 7.99. The number of hydrogen-bond acceptors (Lipinski definition) is 5. The molecule has 1 N–H and O–H groups in total. The summed E-state index contributed by atoms with van der Waals surface area (Å²) in [5, 5.41) is 3.22. The van der Waals surface area contributed by atoms with Gasteiger partial charge in [0.2, 0.25) is 5.91 Å². The average molecular weight is 329 g/mol. The van der Waals surface area contributed by atoms with Crippen molar-refractivity contribution in [2.24, 2.45) is 0 Å². The van der Waals surface area contributed by atoms with Crippen molar-refractivity contribution < 1.29 is 9.53 Å². The Morgan fingerprint density at radius 2 is 2.20 bits per heavy atom. The maximum atomic E-state index is 11.6. The molecule has 4 nitrogen and oxygen atoms in total. The molecule has 0 spiro atoms. The van der Waals surface area contributed by atoms with Gasteiger partial charge in [-0.2, -0.15) is 0 Å². The molecule has 0 bridgehead atoms. The molecule has 0 aliphatic heterocycles. The van der Waals surface area contributed by atoms with Crippen LogP contribution >= 0.6 is 34.7 Å². The number of aromatic nitrogens is 1. The Bertz CT molecular complexity index is 548. The molecular weight excluding hydrogens is 316 g/mol. The molecule has 1 aromatic heterocycles. The third-order valence-electron chi connectivity index (χ3n) is 2.20. The second kappa shape index (κ2) is 8.14. The van der Waals surface area contributed by atoms with E-state index >= 15 is 0 Å². The lowest BCUT2D eigenvalue weighted by atomic mass is 10.3. The standard InChI is InChI=1S/C13H13ClN2O2S2/c14-11-8-15-13(20-11)16-12(17)9-19-7-6-18-10-4-2-1-3-5-10/h1-5,8H,6-7,9H2,(H,15,16,17). The van der Waals surface area contributed by atoms with E-state index in [-0.39, 0.29) is 5.91 Å². The number of para-hydroxylation sites is 1. The van der Waals surface area contributed by atoms with Crippen molar-refractivity contribution >= 4 is 45.7 Å². The summed E-state index contributed by atoms with van der Waals surface area (Å²) in [5.41, 5.74) is 0. The summed E-state index contributed by atoms with van der Waals surface area (Å²) in [5.74, 6) is 1.88. The van der Waals surface area contributed by atoms with Gasteiger partial charge in [-0.05, 0) is 12.1 Å². The fraction of sp³-hybridized carbons (Fsp3) is 0.231. The second-order valence-electron chi connectivity index (χ2n) is 3.73. The minimum absolute atomic E-state index is 0.0827. The molecule has 0 radical (unpaired) electrons. The van der Waals surface area contributed by atoms with Crippen molar-refractivity contribution in [2.75, 3.05) is 23.4 Å². The number of ether oxygens (including phenoxy) is 1. The van der Waals surface area contributed by atoms with Crippen LogP contribution in [0.3, 0.4) is 0 Å². The Labute approximate surface area is 130 Å². The zero-order valence-corrected chi connectivity index (χ0v) is 12.9. The number of hydrogen-bond donors (Lipinski definition) is 1. The molecule has 2 rings (SSSR count). The van der Waals surface area contributed by atoms with Crippen LogP contribution in [-0.4, -0.2) is 29.0 Å². The SMILES string of the molecule is O=C(CSCCOc1ccccc1)Nc1ncc(Cl)s1. The molecular formula is C13H13ClN2O2S2. The lowest BCUT2D eigenvalue weighted by molar-refractivity contribution is -0.113. The first-order valence-corrected chi connectivity index (χ1v) is 8.26. The number of carbonyl (C=O) groups is 1. The maximum absolute atomic E-state index is 11.6. The Morgan fingerprint density at radius 3 is 2.90 bits per heavy atom. The number of thioether (sulfide) groups is 1. The van der Waals surface area contributed by atoms with Crippen LogP contribution in [0.1, 0.15) is 0 Å². The zero-order chi connectivity index (χ0) is 14.2. The van der Waals surface area contributed by atoms with Crippen molar-refractivity contribution in [2.45, 2.75) is 0 Å². The van der Waals surface area contributed by atoms with Gasteiger partial charge in [-0.3, -0.25) is 4.79 Å². The summed E-state index contributed by atoms with van der Waals surface area (Å²) < 4.78 is 6.09. The van der Waals surface area contributed by atoms with Crippen molar-refractivity contribution in [3.05, 3.63) is 40.9 Å². The largest absolute Gasteiger partial charge is 0.493 e. The van der Waals surface area contributed by atoms with E-state index in [1.54, 1.807) is 0 Å². The van der Waals surface area contributed by atoms with E-state index in [0.29, 0.717) is 21.8 Å². The molecule has 0 atom stereocenters. The molecule has 20 heavy (non-hydrogen) atoms. The van der Waals surface area contributed by atoms with Crippen molar-refractivity contribution in [3.8, 4) is 5.75 Å². The van der Waals surface area contributed by atoms with Gasteiger partial charge in [-0.25, -0.2) is 4.98 Å². The number of benzene rings is 1. The molecule has 0 aliphatic carbocycles. The first-order valence-electron chi connectivity index (χ1n) is 5.91. The molecule has 0 saturated heterocycles. The number of thiazole rings is 1. The van der Waals surface area contributed by atoms with Gasteiger partial charge in [-0.15, -0.1) is 11.8 Å². The number of rotatable bonds is 7. The third kappa shape index (κ3) is 5.40. The van der Waals surface area contributed by atoms with Crippen molar-refractivity contribution in [1.29, 1.82) is 0 Å². The highest BCUT2D eigenvalue weighted by Crippen LogP contribution is 2.22. The summed E-state index contributed by atoms with van der Waals surface area (Å²) in [6, 6.07) is 9.61. The molecule has 1 heterocycles. The maximum Gasteiger partial charge on any atom is 0.236 e. The van der Waals surface area contributed by atoms with E-state index in [9.17, 15) is 4.79 Å². The molecule has 0 unspecified atom stereocenters. The average Bonchev–Trinajstić information content (AvgIpc) is 2.85. The van der Waals surface area contributed by atoms with E-state index in [0.717, 1.165) is 11.5 Å². The van der Waals surface area contributed by atoms with Gasteiger partial charge in [0.15, 0.2) is 5.13 Å². The van der Waals surface area contributed by atoms with E-state index < -0.39 is 0 Å². The predicted octanol–water partition coefficient (Wildman–Crippen LogP) is 3.55. The number of amides is 1. The van der Waals surface area contributed by atoms with Gasteiger partial charge in [-0.1, -0.05) is 41.1 Å². The fourth-order valence-corrected chi connectivity index (χ4v) is 2.80. The summed E-state index contributed by atoms with van der Waals surface area (Å²) in [4.78, 5) is 15.6. The van der Waals surface area contributed by atoms with Gasteiger partial charge >= 0.3 is 0 Å². The van der Waals surface area contributed by atoms with E-state index in [4.69, 9.17) is 16.3 Å². The van der Waals surface area contributed by atoms with Gasteiger partial charge in [0.1, 0.15) is 10.1 Å².